The lowest BCUT2D eigenvalue weighted by Crippen LogP contribution is -2.32. The molecule has 0 spiro atoms. The standard InChI is InChI=1S/C14H15F3N2O2/c1-13(2,3)21-12(20)19-7-4-5-10-6-8-18-11(9-10)14(15,16)17/h6,8-9H,7H2,1-3H3,(H,19,20). The van der Waals surface area contributed by atoms with Crippen molar-refractivity contribution in [2.75, 3.05) is 6.54 Å². The number of rotatable bonds is 1. The van der Waals surface area contributed by atoms with E-state index in [9.17, 15) is 18.0 Å². The number of hydrogen-bond donors (Lipinski definition) is 1. The van der Waals surface area contributed by atoms with Gasteiger partial charge in [0.2, 0.25) is 0 Å². The van der Waals surface area contributed by atoms with E-state index >= 15 is 0 Å². The number of pyridine rings is 1. The zero-order valence-electron chi connectivity index (χ0n) is 11.8. The smallest absolute Gasteiger partial charge is 0.433 e. The van der Waals surface area contributed by atoms with Gasteiger partial charge < -0.3 is 10.1 Å². The van der Waals surface area contributed by atoms with E-state index in [-0.39, 0.29) is 12.1 Å². The third kappa shape index (κ3) is 6.65. The number of halogens is 3. The van der Waals surface area contributed by atoms with Crippen molar-refractivity contribution >= 4 is 6.09 Å². The molecule has 0 saturated carbocycles. The lowest BCUT2D eigenvalue weighted by molar-refractivity contribution is -0.141. The Morgan fingerprint density at radius 3 is 2.62 bits per heavy atom. The van der Waals surface area contributed by atoms with E-state index < -0.39 is 23.6 Å². The van der Waals surface area contributed by atoms with Crippen LogP contribution in [0.4, 0.5) is 18.0 Å². The molecule has 0 aromatic carbocycles. The number of carbonyl (C=O) groups is 1. The SMILES string of the molecule is CC(C)(C)OC(=O)NCC#Cc1ccnc(C(F)(F)F)c1. The second-order valence-electron chi connectivity index (χ2n) is 5.08. The molecule has 0 aliphatic heterocycles. The molecular formula is C14H15F3N2O2. The van der Waals surface area contributed by atoms with Crippen LogP contribution in [0.15, 0.2) is 18.3 Å². The normalized spacial score (nSPS) is 11.3. The van der Waals surface area contributed by atoms with Crippen LogP contribution in [-0.4, -0.2) is 23.2 Å². The van der Waals surface area contributed by atoms with Crippen LogP contribution < -0.4 is 5.32 Å². The number of alkyl carbamates (subject to hydrolysis) is 1. The van der Waals surface area contributed by atoms with Crippen molar-refractivity contribution in [2.24, 2.45) is 0 Å². The Kier molecular flexibility index (Phi) is 5.19. The van der Waals surface area contributed by atoms with Crippen molar-refractivity contribution in [2.45, 2.75) is 32.5 Å². The third-order valence-electron chi connectivity index (χ3n) is 2.00. The van der Waals surface area contributed by atoms with Gasteiger partial charge >= 0.3 is 12.3 Å². The Bertz CT molecular complexity index is 566. The summed E-state index contributed by atoms with van der Waals surface area (Å²) in [5.41, 5.74) is -1.46. The number of hydrogen-bond acceptors (Lipinski definition) is 3. The lowest BCUT2D eigenvalue weighted by Gasteiger charge is -2.18. The van der Waals surface area contributed by atoms with Crippen molar-refractivity contribution in [3.05, 3.63) is 29.6 Å². The molecule has 21 heavy (non-hydrogen) atoms. The Labute approximate surface area is 120 Å². The van der Waals surface area contributed by atoms with Gasteiger partial charge in [-0.25, -0.2) is 4.79 Å². The minimum absolute atomic E-state index is 0.0292. The highest BCUT2D eigenvalue weighted by molar-refractivity contribution is 5.68. The fourth-order valence-electron chi connectivity index (χ4n) is 1.24. The highest BCUT2D eigenvalue weighted by atomic mass is 19.4. The average molecular weight is 300 g/mol. The van der Waals surface area contributed by atoms with Gasteiger partial charge in [0, 0.05) is 11.8 Å². The van der Waals surface area contributed by atoms with E-state index in [1.807, 2.05) is 0 Å². The van der Waals surface area contributed by atoms with Gasteiger partial charge in [-0.15, -0.1) is 0 Å². The molecule has 0 aliphatic carbocycles. The van der Waals surface area contributed by atoms with E-state index in [4.69, 9.17) is 4.74 Å². The molecule has 1 rings (SSSR count). The number of aromatic nitrogens is 1. The molecule has 1 heterocycles. The first kappa shape index (κ1) is 16.8. The average Bonchev–Trinajstić information content (AvgIpc) is 2.32. The van der Waals surface area contributed by atoms with Crippen molar-refractivity contribution in [3.63, 3.8) is 0 Å². The van der Waals surface area contributed by atoms with Gasteiger partial charge in [0.25, 0.3) is 0 Å². The highest BCUT2D eigenvalue weighted by Gasteiger charge is 2.32. The van der Waals surface area contributed by atoms with E-state index in [2.05, 4.69) is 22.1 Å². The number of carbonyl (C=O) groups excluding carboxylic acids is 1. The molecule has 0 unspecified atom stereocenters. The van der Waals surface area contributed by atoms with Gasteiger partial charge in [0.1, 0.15) is 11.3 Å². The van der Waals surface area contributed by atoms with E-state index in [1.54, 1.807) is 20.8 Å². The quantitative estimate of drug-likeness (QED) is 0.811. The summed E-state index contributed by atoms with van der Waals surface area (Å²) in [4.78, 5) is 14.5. The fourth-order valence-corrected chi connectivity index (χ4v) is 1.24. The Hall–Kier alpha value is -2.23. The molecular weight excluding hydrogens is 285 g/mol. The summed E-state index contributed by atoms with van der Waals surface area (Å²) in [7, 11) is 0. The summed E-state index contributed by atoms with van der Waals surface area (Å²) < 4.78 is 42.3. The van der Waals surface area contributed by atoms with Crippen molar-refractivity contribution < 1.29 is 22.7 Å². The minimum Gasteiger partial charge on any atom is -0.444 e. The van der Waals surface area contributed by atoms with Gasteiger partial charge in [0.05, 0.1) is 6.54 Å². The monoisotopic (exact) mass is 300 g/mol. The molecule has 1 aromatic rings. The Morgan fingerprint density at radius 2 is 2.05 bits per heavy atom. The number of amides is 1. The van der Waals surface area contributed by atoms with Crippen LogP contribution in [0.1, 0.15) is 32.0 Å². The van der Waals surface area contributed by atoms with Crippen LogP contribution in [0.3, 0.4) is 0 Å². The summed E-state index contributed by atoms with van der Waals surface area (Å²) >= 11 is 0. The Balaban J connectivity index is 2.58. The van der Waals surface area contributed by atoms with Gasteiger partial charge in [-0.05, 0) is 32.9 Å². The van der Waals surface area contributed by atoms with Gasteiger partial charge in [-0.2, -0.15) is 13.2 Å². The molecule has 1 aromatic heterocycles. The maximum atomic E-state index is 12.4. The van der Waals surface area contributed by atoms with E-state index in [0.717, 1.165) is 12.3 Å². The molecule has 0 radical (unpaired) electrons. The number of ether oxygens (including phenoxy) is 1. The molecule has 0 saturated heterocycles. The number of nitrogens with zero attached hydrogens (tertiary/aromatic N) is 1. The predicted octanol–water partition coefficient (Wildman–Crippen LogP) is 2.98. The second kappa shape index (κ2) is 6.48. The maximum Gasteiger partial charge on any atom is 0.433 e. The molecule has 0 fully saturated rings. The van der Waals surface area contributed by atoms with E-state index in [0.29, 0.717) is 0 Å². The summed E-state index contributed by atoms with van der Waals surface area (Å²) in [5, 5.41) is 2.38. The van der Waals surface area contributed by atoms with Crippen LogP contribution in [0.25, 0.3) is 0 Å². The molecule has 1 amide bonds. The zero-order chi connectivity index (χ0) is 16.1. The first-order chi connectivity index (χ1) is 9.58. The molecule has 7 heteroatoms. The molecule has 1 N–H and O–H groups in total. The van der Waals surface area contributed by atoms with Gasteiger partial charge in [-0.1, -0.05) is 11.8 Å². The predicted molar refractivity (Wildman–Crippen MR) is 70.4 cm³/mol. The number of nitrogens with one attached hydrogen (secondary N) is 1. The third-order valence-corrected chi connectivity index (χ3v) is 2.00. The molecule has 0 atom stereocenters. The van der Waals surface area contributed by atoms with Crippen LogP contribution in [0.2, 0.25) is 0 Å². The lowest BCUT2D eigenvalue weighted by atomic mass is 10.2. The summed E-state index contributed by atoms with van der Waals surface area (Å²) in [5.74, 6) is 5.06. The molecule has 114 valence electrons. The topological polar surface area (TPSA) is 51.2 Å². The van der Waals surface area contributed by atoms with Crippen LogP contribution in [0.5, 0.6) is 0 Å². The van der Waals surface area contributed by atoms with Gasteiger partial charge in [-0.3, -0.25) is 4.98 Å². The molecule has 4 nitrogen and oxygen atoms in total. The van der Waals surface area contributed by atoms with Crippen molar-refractivity contribution in [1.82, 2.24) is 10.3 Å². The number of alkyl halides is 3. The summed E-state index contributed by atoms with van der Waals surface area (Å²) in [6, 6.07) is 2.20. The zero-order valence-corrected chi connectivity index (χ0v) is 11.8. The fraction of sp³-hybridized carbons (Fsp3) is 0.429. The van der Waals surface area contributed by atoms with Crippen LogP contribution in [0, 0.1) is 11.8 Å². The van der Waals surface area contributed by atoms with E-state index in [1.165, 1.54) is 6.07 Å². The second-order valence-corrected chi connectivity index (χ2v) is 5.08. The maximum absolute atomic E-state index is 12.4. The first-order valence-electron chi connectivity index (χ1n) is 6.07. The highest BCUT2D eigenvalue weighted by Crippen LogP contribution is 2.27. The minimum atomic E-state index is -4.51. The Morgan fingerprint density at radius 1 is 1.38 bits per heavy atom. The molecule has 0 aliphatic rings. The summed E-state index contributed by atoms with van der Waals surface area (Å²) in [6.07, 6.45) is -4.11. The van der Waals surface area contributed by atoms with Crippen LogP contribution in [-0.2, 0) is 10.9 Å². The van der Waals surface area contributed by atoms with Crippen molar-refractivity contribution in [1.29, 1.82) is 0 Å². The summed E-state index contributed by atoms with van der Waals surface area (Å²) in [6.45, 7) is 5.12. The van der Waals surface area contributed by atoms with Gasteiger partial charge in [0.15, 0.2) is 0 Å². The van der Waals surface area contributed by atoms with Crippen molar-refractivity contribution in [3.8, 4) is 11.8 Å². The largest absolute Gasteiger partial charge is 0.444 e. The first-order valence-corrected chi connectivity index (χ1v) is 6.07. The van der Waals surface area contributed by atoms with Crippen LogP contribution >= 0.6 is 0 Å². The molecule has 0 bridgehead atoms.